The molecule has 0 aliphatic heterocycles. The smallest absolute Gasteiger partial charge is 0.119 e. The molecule has 1 aliphatic rings. The number of aliphatic hydroxyl groups is 1. The Hall–Kier alpha value is -1.02. The van der Waals surface area contributed by atoms with Gasteiger partial charge >= 0.3 is 0 Å². The Labute approximate surface area is 104 Å². The van der Waals surface area contributed by atoms with Crippen molar-refractivity contribution in [3.8, 4) is 5.75 Å². The minimum Gasteiger partial charge on any atom is -0.494 e. The fourth-order valence-corrected chi connectivity index (χ4v) is 2.14. The number of hydrogen-bond donors (Lipinski definition) is 1. The van der Waals surface area contributed by atoms with Gasteiger partial charge in [-0.15, -0.1) is 0 Å². The molecule has 1 aromatic rings. The molecule has 94 valence electrons. The molecule has 2 heteroatoms. The summed E-state index contributed by atoms with van der Waals surface area (Å²) in [4.78, 5) is 0. The fraction of sp³-hybridized carbons (Fsp3) is 0.600. The van der Waals surface area contributed by atoms with E-state index in [0.29, 0.717) is 5.41 Å². The second kappa shape index (κ2) is 4.69. The third-order valence-corrected chi connectivity index (χ3v) is 3.28. The van der Waals surface area contributed by atoms with Gasteiger partial charge in [0.1, 0.15) is 5.75 Å². The first kappa shape index (κ1) is 12.4. The van der Waals surface area contributed by atoms with Gasteiger partial charge in [0, 0.05) is 0 Å². The van der Waals surface area contributed by atoms with Crippen LogP contribution in [-0.4, -0.2) is 11.7 Å². The molecule has 0 unspecified atom stereocenters. The molecule has 0 fully saturated rings. The lowest BCUT2D eigenvalue weighted by Crippen LogP contribution is -2.11. The molecule has 17 heavy (non-hydrogen) atoms. The Morgan fingerprint density at radius 2 is 2.12 bits per heavy atom. The Morgan fingerprint density at radius 1 is 1.35 bits per heavy atom. The minimum atomic E-state index is -0.270. The van der Waals surface area contributed by atoms with E-state index in [1.807, 2.05) is 12.1 Å². The predicted octanol–water partition coefficient (Wildman–Crippen LogP) is 3.48. The van der Waals surface area contributed by atoms with Crippen LogP contribution in [0.5, 0.6) is 5.75 Å². The minimum absolute atomic E-state index is 0.270. The molecule has 1 aliphatic carbocycles. The second-order valence-electron chi connectivity index (χ2n) is 6.07. The van der Waals surface area contributed by atoms with Gasteiger partial charge in [-0.1, -0.05) is 26.8 Å². The molecule has 0 saturated heterocycles. The van der Waals surface area contributed by atoms with Crippen molar-refractivity contribution in [2.75, 3.05) is 6.61 Å². The second-order valence-corrected chi connectivity index (χ2v) is 6.07. The summed E-state index contributed by atoms with van der Waals surface area (Å²) in [6.07, 6.45) is 2.59. The van der Waals surface area contributed by atoms with Crippen LogP contribution in [-0.2, 0) is 6.42 Å². The zero-order chi connectivity index (χ0) is 12.5. The monoisotopic (exact) mass is 234 g/mol. The lowest BCUT2D eigenvalue weighted by molar-refractivity contribution is 0.180. The molecule has 0 radical (unpaired) electrons. The summed E-state index contributed by atoms with van der Waals surface area (Å²) < 4.78 is 5.76. The van der Waals surface area contributed by atoms with Crippen molar-refractivity contribution < 1.29 is 9.84 Å². The summed E-state index contributed by atoms with van der Waals surface area (Å²) in [5, 5.41) is 9.71. The van der Waals surface area contributed by atoms with Crippen molar-refractivity contribution in [3.05, 3.63) is 29.3 Å². The Kier molecular flexibility index (Phi) is 3.43. The van der Waals surface area contributed by atoms with E-state index in [0.717, 1.165) is 37.2 Å². The van der Waals surface area contributed by atoms with Crippen LogP contribution in [0.3, 0.4) is 0 Å². The Morgan fingerprint density at radius 3 is 2.82 bits per heavy atom. The first-order valence-corrected chi connectivity index (χ1v) is 6.39. The summed E-state index contributed by atoms with van der Waals surface area (Å²) in [5.74, 6) is 0.933. The molecule has 1 aromatic carbocycles. The Bertz CT molecular complexity index is 390. The van der Waals surface area contributed by atoms with Crippen LogP contribution >= 0.6 is 0 Å². The standard InChI is InChI=1S/C15H22O2/c1-15(2,3)8-9-17-12-5-6-13-11(10-12)4-7-14(13)16/h5-6,10,14,16H,4,7-9H2,1-3H3/t14-/m0/s1. The topological polar surface area (TPSA) is 29.5 Å². The van der Waals surface area contributed by atoms with Crippen molar-refractivity contribution >= 4 is 0 Å². The SMILES string of the molecule is CC(C)(C)CCOc1ccc2c(c1)CC[C@@H]2O. The summed E-state index contributed by atoms with van der Waals surface area (Å²) in [6, 6.07) is 6.05. The highest BCUT2D eigenvalue weighted by Gasteiger charge is 2.20. The maximum absolute atomic E-state index is 9.71. The van der Waals surface area contributed by atoms with Gasteiger partial charge < -0.3 is 9.84 Å². The van der Waals surface area contributed by atoms with Crippen molar-refractivity contribution in [2.24, 2.45) is 5.41 Å². The average Bonchev–Trinajstić information content (AvgIpc) is 2.58. The van der Waals surface area contributed by atoms with E-state index < -0.39 is 0 Å². The van der Waals surface area contributed by atoms with Gasteiger partial charge in [-0.05, 0) is 47.9 Å². The molecule has 1 N–H and O–H groups in total. The third kappa shape index (κ3) is 3.22. The molecule has 0 spiro atoms. The van der Waals surface area contributed by atoms with Gasteiger partial charge in [-0.25, -0.2) is 0 Å². The van der Waals surface area contributed by atoms with Crippen LogP contribution in [0, 0.1) is 5.41 Å². The lowest BCUT2D eigenvalue weighted by Gasteiger charge is -2.18. The zero-order valence-corrected chi connectivity index (χ0v) is 11.0. The fourth-order valence-electron chi connectivity index (χ4n) is 2.14. The number of aliphatic hydroxyl groups excluding tert-OH is 1. The van der Waals surface area contributed by atoms with Crippen molar-refractivity contribution in [3.63, 3.8) is 0 Å². The van der Waals surface area contributed by atoms with E-state index in [9.17, 15) is 5.11 Å². The molecule has 0 saturated carbocycles. The number of ether oxygens (including phenoxy) is 1. The normalized spacial score (nSPS) is 19.2. The molecule has 0 bridgehead atoms. The highest BCUT2D eigenvalue weighted by Crippen LogP contribution is 2.33. The number of fused-ring (bicyclic) bond motifs is 1. The number of hydrogen-bond acceptors (Lipinski definition) is 2. The first-order chi connectivity index (χ1) is 7.96. The van der Waals surface area contributed by atoms with Crippen molar-refractivity contribution in [1.82, 2.24) is 0 Å². The number of rotatable bonds is 3. The molecular formula is C15H22O2. The molecule has 2 rings (SSSR count). The van der Waals surface area contributed by atoms with Crippen molar-refractivity contribution in [2.45, 2.75) is 46.1 Å². The number of aryl methyl sites for hydroxylation is 1. The number of benzene rings is 1. The van der Waals surface area contributed by atoms with Gasteiger partial charge in [-0.2, -0.15) is 0 Å². The third-order valence-electron chi connectivity index (χ3n) is 3.28. The van der Waals surface area contributed by atoms with E-state index in [2.05, 4.69) is 26.8 Å². The van der Waals surface area contributed by atoms with E-state index >= 15 is 0 Å². The van der Waals surface area contributed by atoms with Gasteiger partial charge in [0.05, 0.1) is 12.7 Å². The molecule has 0 amide bonds. The van der Waals surface area contributed by atoms with Gasteiger partial charge in [0.15, 0.2) is 0 Å². The molecule has 0 heterocycles. The molecule has 2 nitrogen and oxygen atoms in total. The molecule has 1 atom stereocenters. The summed E-state index contributed by atoms with van der Waals surface area (Å²) >= 11 is 0. The van der Waals surface area contributed by atoms with E-state index in [-0.39, 0.29) is 6.10 Å². The predicted molar refractivity (Wildman–Crippen MR) is 69.3 cm³/mol. The largest absolute Gasteiger partial charge is 0.494 e. The van der Waals surface area contributed by atoms with E-state index in [4.69, 9.17) is 4.74 Å². The average molecular weight is 234 g/mol. The molecule has 0 aromatic heterocycles. The van der Waals surface area contributed by atoms with Crippen LogP contribution in [0.2, 0.25) is 0 Å². The zero-order valence-electron chi connectivity index (χ0n) is 11.0. The van der Waals surface area contributed by atoms with E-state index in [1.54, 1.807) is 0 Å². The lowest BCUT2D eigenvalue weighted by atomic mass is 9.93. The van der Waals surface area contributed by atoms with Gasteiger partial charge in [-0.3, -0.25) is 0 Å². The summed E-state index contributed by atoms with van der Waals surface area (Å²) in [6.45, 7) is 7.41. The van der Waals surface area contributed by atoms with Gasteiger partial charge in [0.25, 0.3) is 0 Å². The summed E-state index contributed by atoms with van der Waals surface area (Å²) in [7, 11) is 0. The maximum atomic E-state index is 9.71. The van der Waals surface area contributed by atoms with Crippen LogP contribution in [0.1, 0.15) is 50.8 Å². The molecular weight excluding hydrogens is 212 g/mol. The summed E-state index contributed by atoms with van der Waals surface area (Å²) in [5.41, 5.74) is 2.63. The van der Waals surface area contributed by atoms with Crippen LogP contribution in [0.4, 0.5) is 0 Å². The maximum Gasteiger partial charge on any atom is 0.119 e. The highest BCUT2D eigenvalue weighted by atomic mass is 16.5. The quantitative estimate of drug-likeness (QED) is 0.867. The highest BCUT2D eigenvalue weighted by molar-refractivity contribution is 5.39. The van der Waals surface area contributed by atoms with Crippen LogP contribution in [0.15, 0.2) is 18.2 Å². The first-order valence-electron chi connectivity index (χ1n) is 6.39. The van der Waals surface area contributed by atoms with Gasteiger partial charge in [0.2, 0.25) is 0 Å². The van der Waals surface area contributed by atoms with Crippen molar-refractivity contribution in [1.29, 1.82) is 0 Å². The van der Waals surface area contributed by atoms with Crippen LogP contribution in [0.25, 0.3) is 0 Å². The van der Waals surface area contributed by atoms with Crippen LogP contribution < -0.4 is 4.74 Å². The van der Waals surface area contributed by atoms with E-state index in [1.165, 1.54) is 5.56 Å². The Balaban J connectivity index is 1.95.